The van der Waals surface area contributed by atoms with Crippen LogP contribution in [0.2, 0.25) is 10.0 Å². The minimum absolute atomic E-state index is 0. The number of carboxylic acid groups (broad SMARTS) is 1. The van der Waals surface area contributed by atoms with Gasteiger partial charge in [-0.05, 0) is 97.5 Å². The zero-order valence-electron chi connectivity index (χ0n) is 27.9. The van der Waals surface area contributed by atoms with E-state index in [0.717, 1.165) is 81.5 Å². The van der Waals surface area contributed by atoms with Crippen LogP contribution in [0.5, 0.6) is 11.5 Å². The molecule has 51 heavy (non-hydrogen) atoms. The van der Waals surface area contributed by atoms with E-state index in [4.69, 9.17) is 47.5 Å². The van der Waals surface area contributed by atoms with E-state index in [0.29, 0.717) is 23.3 Å². The summed E-state index contributed by atoms with van der Waals surface area (Å²) in [5.41, 5.74) is 5.33. The monoisotopic (exact) mass is 727 g/mol. The van der Waals surface area contributed by atoms with Crippen molar-refractivity contribution >= 4 is 51.0 Å². The molecular formula is C40H32Cl2N3NaO5. The van der Waals surface area contributed by atoms with E-state index in [1.165, 1.54) is 0 Å². The second-order valence-corrected chi connectivity index (χ2v) is 13.7. The van der Waals surface area contributed by atoms with E-state index in [2.05, 4.69) is 24.3 Å². The van der Waals surface area contributed by atoms with Crippen LogP contribution >= 0.6 is 23.2 Å². The van der Waals surface area contributed by atoms with E-state index >= 15 is 0 Å². The van der Waals surface area contributed by atoms with Crippen molar-refractivity contribution in [3.63, 3.8) is 0 Å². The van der Waals surface area contributed by atoms with Crippen molar-refractivity contribution in [2.75, 3.05) is 0 Å². The van der Waals surface area contributed by atoms with Crippen molar-refractivity contribution < 1.29 is 53.8 Å². The van der Waals surface area contributed by atoms with Gasteiger partial charge in [0.2, 0.25) is 0 Å². The van der Waals surface area contributed by atoms with Crippen LogP contribution in [0.4, 0.5) is 0 Å². The summed E-state index contributed by atoms with van der Waals surface area (Å²) in [7, 11) is 0. The van der Waals surface area contributed by atoms with Crippen molar-refractivity contribution in [3.8, 4) is 11.5 Å². The smallest absolute Gasteiger partial charge is 0.546 e. The Morgan fingerprint density at radius 3 is 1.61 bits per heavy atom. The molecule has 2 atom stereocenters. The van der Waals surface area contributed by atoms with Gasteiger partial charge in [0.25, 0.3) is 0 Å². The maximum absolute atomic E-state index is 11.4. The molecule has 2 aliphatic rings. The van der Waals surface area contributed by atoms with Gasteiger partial charge in [0.05, 0.1) is 28.4 Å². The Kier molecular flexibility index (Phi) is 10.6. The molecule has 2 unspecified atom stereocenters. The quantitative estimate of drug-likeness (QED) is 0.147. The molecule has 0 radical (unpaired) electrons. The van der Waals surface area contributed by atoms with Crippen LogP contribution in [-0.2, 0) is 28.3 Å². The van der Waals surface area contributed by atoms with Gasteiger partial charge >= 0.3 is 29.6 Å². The van der Waals surface area contributed by atoms with E-state index in [-0.39, 0.29) is 41.0 Å². The predicted molar refractivity (Wildman–Crippen MR) is 190 cm³/mol. The number of carbonyl (C=O) groups is 1. The predicted octanol–water partition coefficient (Wildman–Crippen LogP) is 4.80. The normalized spacial score (nSPS) is 18.2. The third-order valence-electron chi connectivity index (χ3n) is 9.79. The molecule has 4 aromatic carbocycles. The number of nitrogens with zero attached hydrogens (tertiary/aromatic N) is 3. The minimum atomic E-state index is -1.20. The molecule has 1 aliphatic heterocycles. The Bertz CT molecular complexity index is 2060. The molecule has 1 saturated heterocycles. The minimum Gasteiger partial charge on any atom is -0.546 e. The first kappa shape index (κ1) is 35.7. The number of carboxylic acids is 1. The van der Waals surface area contributed by atoms with Gasteiger partial charge in [0.15, 0.2) is 6.23 Å². The Morgan fingerprint density at radius 2 is 1.18 bits per heavy atom. The number of benzene rings is 4. The van der Waals surface area contributed by atoms with Gasteiger partial charge < -0.3 is 19.4 Å². The fourth-order valence-electron chi connectivity index (χ4n) is 7.09. The molecule has 0 amide bonds. The van der Waals surface area contributed by atoms with Crippen LogP contribution in [0.1, 0.15) is 48.2 Å². The molecule has 11 heteroatoms. The number of pyridine rings is 2. The largest absolute Gasteiger partial charge is 1.00 e. The van der Waals surface area contributed by atoms with Gasteiger partial charge in [-0.15, -0.1) is 5.06 Å². The number of fused-ring (bicyclic) bond motifs is 2. The van der Waals surface area contributed by atoms with Crippen LogP contribution in [0.25, 0.3) is 21.8 Å². The average molecular weight is 729 g/mol. The van der Waals surface area contributed by atoms with Crippen LogP contribution < -0.4 is 44.1 Å². The number of rotatable bonds is 10. The second-order valence-electron chi connectivity index (χ2n) is 12.9. The van der Waals surface area contributed by atoms with Crippen molar-refractivity contribution in [2.45, 2.75) is 56.6 Å². The number of aliphatic carboxylic acids is 1. The van der Waals surface area contributed by atoms with Crippen LogP contribution in [0.15, 0.2) is 109 Å². The number of hydroxylamine groups is 2. The molecule has 2 fully saturated rings. The molecule has 8 nitrogen and oxygen atoms in total. The summed E-state index contributed by atoms with van der Waals surface area (Å²) in [6, 6.07) is 35.8. The van der Waals surface area contributed by atoms with Gasteiger partial charge in [0, 0.05) is 32.3 Å². The van der Waals surface area contributed by atoms with Gasteiger partial charge in [-0.1, -0.05) is 71.7 Å². The van der Waals surface area contributed by atoms with Gasteiger partial charge in [0.1, 0.15) is 24.7 Å². The number of hydrogen-bond acceptors (Lipinski definition) is 8. The average Bonchev–Trinajstić information content (AvgIpc) is 3.95. The van der Waals surface area contributed by atoms with E-state index < -0.39 is 12.2 Å². The zero-order chi connectivity index (χ0) is 34.2. The van der Waals surface area contributed by atoms with Crippen molar-refractivity contribution in [2.24, 2.45) is 0 Å². The van der Waals surface area contributed by atoms with E-state index in [1.54, 1.807) is 5.06 Å². The molecule has 0 spiro atoms. The zero-order valence-corrected chi connectivity index (χ0v) is 31.4. The summed E-state index contributed by atoms with van der Waals surface area (Å²) in [5.74, 6) is 0.291. The molecule has 0 N–H and O–H groups in total. The first-order chi connectivity index (χ1) is 24.3. The molecule has 6 aromatic rings. The molecule has 8 rings (SSSR count). The van der Waals surface area contributed by atoms with Crippen molar-refractivity contribution in [3.05, 3.63) is 142 Å². The Balaban J connectivity index is 0.00000406. The summed E-state index contributed by atoms with van der Waals surface area (Å²) in [5, 5.41) is 16.3. The van der Waals surface area contributed by atoms with Crippen molar-refractivity contribution in [1.82, 2.24) is 15.0 Å². The molecule has 1 saturated carbocycles. The van der Waals surface area contributed by atoms with Crippen LogP contribution in [0.3, 0.4) is 0 Å². The first-order valence-electron chi connectivity index (χ1n) is 16.6. The summed E-state index contributed by atoms with van der Waals surface area (Å²) < 4.78 is 12.3. The molecular weight excluding hydrogens is 696 g/mol. The third kappa shape index (κ3) is 7.74. The molecule has 3 heterocycles. The molecule has 2 aromatic heterocycles. The molecule has 0 bridgehead atoms. The van der Waals surface area contributed by atoms with Crippen molar-refractivity contribution in [1.29, 1.82) is 0 Å². The Hall–Kier alpha value is -3.73. The SMILES string of the molecule is O=C([O-])C1ON1C1CCC(c2ccc(OCc3ccc4ccc(Cl)cc4n3)cc2)(c2ccc(OCc3ccc4ccc(Cl)cc4n3)cc2)CC1.[Na+]. The van der Waals surface area contributed by atoms with E-state index in [1.807, 2.05) is 84.9 Å². The Morgan fingerprint density at radius 1 is 0.725 bits per heavy atom. The summed E-state index contributed by atoms with van der Waals surface area (Å²) in [6.07, 6.45) is 2.21. The summed E-state index contributed by atoms with van der Waals surface area (Å²) in [4.78, 5) is 26.1. The van der Waals surface area contributed by atoms with Crippen LogP contribution in [0, 0.1) is 0 Å². The third-order valence-corrected chi connectivity index (χ3v) is 10.3. The van der Waals surface area contributed by atoms with Crippen LogP contribution in [-0.4, -0.2) is 33.3 Å². The molecule has 1 aliphatic carbocycles. The second kappa shape index (κ2) is 15.1. The summed E-state index contributed by atoms with van der Waals surface area (Å²) >= 11 is 12.3. The number of carbonyl (C=O) groups excluding carboxylic acids is 1. The maximum Gasteiger partial charge on any atom is 1.00 e. The number of ether oxygens (including phenoxy) is 2. The topological polar surface area (TPSA) is 99.9 Å². The fraction of sp³-hybridized carbons (Fsp3) is 0.225. The fourth-order valence-corrected chi connectivity index (χ4v) is 7.42. The number of hydrogen-bond donors (Lipinski definition) is 0. The van der Waals surface area contributed by atoms with E-state index in [9.17, 15) is 9.90 Å². The van der Waals surface area contributed by atoms with Gasteiger partial charge in [-0.2, -0.15) is 0 Å². The number of halogens is 2. The maximum atomic E-state index is 11.4. The first-order valence-corrected chi connectivity index (χ1v) is 17.3. The van der Waals surface area contributed by atoms with Gasteiger partial charge in [-0.3, -0.25) is 4.84 Å². The summed E-state index contributed by atoms with van der Waals surface area (Å²) in [6.45, 7) is 0.655. The Labute approximate surface area is 327 Å². The van der Waals surface area contributed by atoms with Gasteiger partial charge in [-0.25, -0.2) is 9.97 Å². The molecule has 252 valence electrons. The number of aromatic nitrogens is 2. The standard InChI is InChI=1S/C40H33Cl2N3O5.Na/c41-29-9-1-25-3-11-31(43-36(25)21-29)23-48-34-13-5-27(6-14-34)40(19-17-33(18-20-40)45-38(50-45)39(46)47)28-7-15-35(16-8-28)49-24-32-12-4-26-2-10-30(42)22-37(26)44-32;/h1-16,21-22,33,38H,17-20,23-24H2,(H,46,47);/q;+1/p-1.